The van der Waals surface area contributed by atoms with E-state index in [4.69, 9.17) is 0 Å². The summed E-state index contributed by atoms with van der Waals surface area (Å²) in [6.07, 6.45) is 4.34. The Bertz CT molecular complexity index is 1060. The molecule has 0 bridgehead atoms. The minimum absolute atomic E-state index is 0.103. The summed E-state index contributed by atoms with van der Waals surface area (Å²) in [7, 11) is -0.193. The van der Waals surface area contributed by atoms with E-state index < -0.39 is 10.0 Å². The molecule has 0 aliphatic carbocycles. The van der Waals surface area contributed by atoms with Gasteiger partial charge in [-0.05, 0) is 36.7 Å². The molecule has 0 aliphatic heterocycles. The highest BCUT2D eigenvalue weighted by Crippen LogP contribution is 2.20. The standard InChI is InChI=1S/C21H24N4O3S/c1-22-29(27,28)18-11-8-16(9-12-18)10-13-19(26)24-20(17-6-4-3-5-7-17)21-23-14-15-25(21)2/h3-9,11-12,14-15,20,22H,10,13H2,1-2H3,(H,24,26). The maximum atomic E-state index is 12.6. The second-order valence-corrected chi connectivity index (χ2v) is 8.55. The van der Waals surface area contributed by atoms with Crippen LogP contribution in [0, 0.1) is 0 Å². The summed E-state index contributed by atoms with van der Waals surface area (Å²) >= 11 is 0. The van der Waals surface area contributed by atoms with Gasteiger partial charge in [0.1, 0.15) is 11.9 Å². The van der Waals surface area contributed by atoms with Crippen molar-refractivity contribution in [3.63, 3.8) is 0 Å². The third kappa shape index (κ3) is 5.10. The molecule has 3 aromatic rings. The first-order chi connectivity index (χ1) is 13.9. The molecule has 8 heteroatoms. The topological polar surface area (TPSA) is 93.1 Å². The van der Waals surface area contributed by atoms with E-state index in [0.717, 1.165) is 17.0 Å². The van der Waals surface area contributed by atoms with Crippen LogP contribution in [0.2, 0.25) is 0 Å². The van der Waals surface area contributed by atoms with E-state index in [1.54, 1.807) is 30.5 Å². The van der Waals surface area contributed by atoms with Gasteiger partial charge in [-0.25, -0.2) is 18.1 Å². The minimum atomic E-state index is -3.46. The fourth-order valence-electron chi connectivity index (χ4n) is 3.04. The second-order valence-electron chi connectivity index (χ2n) is 6.66. The predicted molar refractivity (Wildman–Crippen MR) is 111 cm³/mol. The molecule has 1 aromatic heterocycles. The van der Waals surface area contributed by atoms with Gasteiger partial charge in [0.25, 0.3) is 0 Å². The zero-order chi connectivity index (χ0) is 20.9. The van der Waals surface area contributed by atoms with Gasteiger partial charge in [0.05, 0.1) is 4.90 Å². The number of carbonyl (C=O) groups excluding carboxylic acids is 1. The second kappa shape index (κ2) is 9.02. The van der Waals surface area contributed by atoms with E-state index in [2.05, 4.69) is 15.0 Å². The first-order valence-corrected chi connectivity index (χ1v) is 10.7. The number of sulfonamides is 1. The number of benzene rings is 2. The van der Waals surface area contributed by atoms with Crippen molar-refractivity contribution in [3.05, 3.63) is 83.9 Å². The van der Waals surface area contributed by atoms with Crippen molar-refractivity contribution in [1.82, 2.24) is 19.6 Å². The van der Waals surface area contributed by atoms with Crippen LogP contribution in [0.5, 0.6) is 0 Å². The van der Waals surface area contributed by atoms with E-state index in [1.165, 1.54) is 7.05 Å². The number of imidazole rings is 1. The number of hydrogen-bond acceptors (Lipinski definition) is 4. The minimum Gasteiger partial charge on any atom is -0.342 e. The summed E-state index contributed by atoms with van der Waals surface area (Å²) in [6.45, 7) is 0. The number of aromatic nitrogens is 2. The Balaban J connectivity index is 1.67. The number of nitrogens with one attached hydrogen (secondary N) is 2. The average Bonchev–Trinajstić information content (AvgIpc) is 3.17. The number of aryl methyl sites for hydroxylation is 2. The first kappa shape index (κ1) is 20.8. The van der Waals surface area contributed by atoms with Crippen molar-refractivity contribution < 1.29 is 13.2 Å². The summed E-state index contributed by atoms with van der Waals surface area (Å²) in [4.78, 5) is 17.2. The lowest BCUT2D eigenvalue weighted by molar-refractivity contribution is -0.121. The average molecular weight is 413 g/mol. The molecule has 1 unspecified atom stereocenters. The molecule has 2 aromatic carbocycles. The molecule has 1 atom stereocenters. The number of rotatable bonds is 8. The van der Waals surface area contributed by atoms with Gasteiger partial charge in [0.15, 0.2) is 0 Å². The van der Waals surface area contributed by atoms with Crippen LogP contribution in [0.3, 0.4) is 0 Å². The molecule has 2 N–H and O–H groups in total. The Labute approximate surface area is 170 Å². The van der Waals surface area contributed by atoms with E-state index in [-0.39, 0.29) is 23.3 Å². The highest BCUT2D eigenvalue weighted by atomic mass is 32.2. The van der Waals surface area contributed by atoms with Gasteiger partial charge < -0.3 is 9.88 Å². The quantitative estimate of drug-likeness (QED) is 0.593. The molecule has 7 nitrogen and oxygen atoms in total. The molecule has 0 radical (unpaired) electrons. The predicted octanol–water partition coefficient (Wildman–Crippen LogP) is 2.17. The molecule has 0 fully saturated rings. The van der Waals surface area contributed by atoms with Crippen LogP contribution in [-0.4, -0.2) is 30.9 Å². The van der Waals surface area contributed by atoms with Crippen LogP contribution >= 0.6 is 0 Å². The van der Waals surface area contributed by atoms with Crippen molar-refractivity contribution in [2.45, 2.75) is 23.8 Å². The molecule has 0 saturated heterocycles. The molecular formula is C21H24N4O3S. The largest absolute Gasteiger partial charge is 0.342 e. The van der Waals surface area contributed by atoms with Crippen molar-refractivity contribution in [1.29, 1.82) is 0 Å². The molecule has 29 heavy (non-hydrogen) atoms. The molecule has 1 heterocycles. The molecule has 152 valence electrons. The van der Waals surface area contributed by atoms with Gasteiger partial charge in [-0.15, -0.1) is 0 Å². The van der Waals surface area contributed by atoms with Crippen molar-refractivity contribution in [2.24, 2.45) is 7.05 Å². The maximum absolute atomic E-state index is 12.6. The normalized spacial score (nSPS) is 12.5. The summed E-state index contributed by atoms with van der Waals surface area (Å²) in [5.74, 6) is 0.653. The Morgan fingerprint density at radius 1 is 1.10 bits per heavy atom. The lowest BCUT2D eigenvalue weighted by atomic mass is 10.1. The van der Waals surface area contributed by atoms with Crippen LogP contribution < -0.4 is 10.0 Å². The number of amides is 1. The van der Waals surface area contributed by atoms with Gasteiger partial charge in [0.2, 0.25) is 15.9 Å². The number of hydrogen-bond donors (Lipinski definition) is 2. The van der Waals surface area contributed by atoms with Gasteiger partial charge in [-0.1, -0.05) is 42.5 Å². The molecule has 1 amide bonds. The zero-order valence-electron chi connectivity index (χ0n) is 16.4. The molecule has 0 aliphatic rings. The fourth-order valence-corrected chi connectivity index (χ4v) is 3.77. The number of carbonyl (C=O) groups is 1. The van der Waals surface area contributed by atoms with E-state index in [1.807, 2.05) is 48.1 Å². The fraction of sp³-hybridized carbons (Fsp3) is 0.238. The Morgan fingerprint density at radius 3 is 2.38 bits per heavy atom. The van der Waals surface area contributed by atoms with Gasteiger partial charge in [-0.2, -0.15) is 0 Å². The van der Waals surface area contributed by atoms with Gasteiger partial charge in [-0.3, -0.25) is 4.79 Å². The molecule has 3 rings (SSSR count). The van der Waals surface area contributed by atoms with Crippen molar-refractivity contribution >= 4 is 15.9 Å². The van der Waals surface area contributed by atoms with Gasteiger partial charge in [0, 0.05) is 25.9 Å². The third-order valence-corrected chi connectivity index (χ3v) is 6.13. The number of nitrogens with zero attached hydrogens (tertiary/aromatic N) is 2. The van der Waals surface area contributed by atoms with Crippen LogP contribution in [-0.2, 0) is 28.3 Å². The first-order valence-electron chi connectivity index (χ1n) is 9.25. The Hall–Kier alpha value is -2.97. The van der Waals surface area contributed by atoms with Crippen LogP contribution in [0.15, 0.2) is 71.9 Å². The smallest absolute Gasteiger partial charge is 0.240 e. The summed E-state index contributed by atoms with van der Waals surface area (Å²) in [6, 6.07) is 15.9. The van der Waals surface area contributed by atoms with Crippen LogP contribution in [0.25, 0.3) is 0 Å². The van der Waals surface area contributed by atoms with E-state index in [0.29, 0.717) is 6.42 Å². The lowest BCUT2D eigenvalue weighted by Gasteiger charge is -2.19. The summed E-state index contributed by atoms with van der Waals surface area (Å²) in [5.41, 5.74) is 1.85. The van der Waals surface area contributed by atoms with E-state index in [9.17, 15) is 13.2 Å². The highest BCUT2D eigenvalue weighted by molar-refractivity contribution is 7.89. The van der Waals surface area contributed by atoms with Crippen LogP contribution in [0.4, 0.5) is 0 Å². The maximum Gasteiger partial charge on any atom is 0.240 e. The van der Waals surface area contributed by atoms with Crippen molar-refractivity contribution in [3.8, 4) is 0 Å². The SMILES string of the molecule is CNS(=O)(=O)c1ccc(CCC(=O)NC(c2ccccc2)c2nccn2C)cc1. The summed E-state index contributed by atoms with van der Waals surface area (Å²) < 4.78 is 27.8. The van der Waals surface area contributed by atoms with E-state index >= 15 is 0 Å². The van der Waals surface area contributed by atoms with Crippen LogP contribution in [0.1, 0.15) is 29.4 Å². The summed E-state index contributed by atoms with van der Waals surface area (Å²) in [5, 5.41) is 3.06. The Morgan fingerprint density at radius 2 is 1.79 bits per heavy atom. The third-order valence-electron chi connectivity index (χ3n) is 4.70. The Kier molecular flexibility index (Phi) is 6.46. The molecule has 0 saturated carbocycles. The highest BCUT2D eigenvalue weighted by Gasteiger charge is 2.20. The zero-order valence-corrected chi connectivity index (χ0v) is 17.2. The molecule has 0 spiro atoms. The lowest BCUT2D eigenvalue weighted by Crippen LogP contribution is -2.31. The van der Waals surface area contributed by atoms with Crippen molar-refractivity contribution in [2.75, 3.05) is 7.05 Å². The monoisotopic (exact) mass is 412 g/mol. The van der Waals surface area contributed by atoms with Gasteiger partial charge >= 0.3 is 0 Å². The molecular weight excluding hydrogens is 388 g/mol.